The van der Waals surface area contributed by atoms with Gasteiger partial charge in [0.1, 0.15) is 17.5 Å². The maximum Gasteiger partial charge on any atom is 0.422 e. The normalized spacial score (nSPS) is 18.2. The molecule has 1 atom stereocenters. The van der Waals surface area contributed by atoms with Crippen LogP contribution < -0.4 is 15.8 Å². The number of fused-ring (bicyclic) bond motifs is 1. The molecule has 0 bridgehead atoms. The summed E-state index contributed by atoms with van der Waals surface area (Å²) < 4.78 is 39.7. The van der Waals surface area contributed by atoms with E-state index in [1.807, 2.05) is 16.1 Å². The maximum atomic E-state index is 13.2. The lowest BCUT2D eigenvalue weighted by atomic mass is 10.1. The Morgan fingerprint density at radius 2 is 2.03 bits per heavy atom. The number of hydrogen-bond acceptors (Lipinski definition) is 6. The van der Waals surface area contributed by atoms with Gasteiger partial charge in [-0.2, -0.15) is 23.5 Å². The third-order valence-electron chi connectivity index (χ3n) is 5.80. The summed E-state index contributed by atoms with van der Waals surface area (Å²) in [6.07, 6.45) is -2.78. The third-order valence-corrected chi connectivity index (χ3v) is 5.80. The van der Waals surface area contributed by atoms with Gasteiger partial charge >= 0.3 is 12.2 Å². The summed E-state index contributed by atoms with van der Waals surface area (Å²) in [4.78, 5) is 32.1. The van der Waals surface area contributed by atoms with Gasteiger partial charge in [0, 0.05) is 44.8 Å². The summed E-state index contributed by atoms with van der Waals surface area (Å²) in [6, 6.07) is 5.17. The third kappa shape index (κ3) is 4.23. The molecule has 2 amide bonds. The zero-order valence-corrected chi connectivity index (χ0v) is 16.9. The molecular formula is C20H20F3N7O2. The number of halogens is 3. The minimum Gasteiger partial charge on any atom is -0.353 e. The van der Waals surface area contributed by atoms with E-state index in [0.29, 0.717) is 38.2 Å². The molecule has 0 aromatic carbocycles. The Morgan fingerprint density at radius 3 is 2.66 bits per heavy atom. The molecule has 2 aliphatic rings. The molecule has 3 heterocycles. The Bertz CT molecular complexity index is 1100. The molecule has 1 unspecified atom stereocenters. The number of pyridine rings is 1. The van der Waals surface area contributed by atoms with Crippen LogP contribution in [0.25, 0.3) is 0 Å². The van der Waals surface area contributed by atoms with Crippen LogP contribution in [-0.4, -0.2) is 58.8 Å². The Morgan fingerprint density at radius 1 is 1.28 bits per heavy atom. The molecule has 0 saturated carbocycles. The van der Waals surface area contributed by atoms with E-state index in [4.69, 9.17) is 5.26 Å². The first-order valence-corrected chi connectivity index (χ1v) is 10.1. The molecule has 2 aromatic rings. The number of carbonyl (C=O) groups is 1. The number of hydrogen-bond donors (Lipinski definition) is 2. The molecular weight excluding hydrogens is 427 g/mol. The highest BCUT2D eigenvalue weighted by Gasteiger charge is 2.41. The monoisotopic (exact) mass is 447 g/mol. The summed E-state index contributed by atoms with van der Waals surface area (Å²) in [5.74, 6) is 0.336. The molecule has 1 aliphatic heterocycles. The molecule has 4 rings (SSSR count). The van der Waals surface area contributed by atoms with Gasteiger partial charge in [0.15, 0.2) is 0 Å². The van der Waals surface area contributed by atoms with Crippen LogP contribution in [0.1, 0.15) is 34.7 Å². The second-order valence-corrected chi connectivity index (χ2v) is 7.70. The second-order valence-electron chi connectivity index (χ2n) is 7.70. The quantitative estimate of drug-likeness (QED) is 0.738. The molecule has 1 aliphatic carbocycles. The average Bonchev–Trinajstić information content (AvgIpc) is 3.19. The van der Waals surface area contributed by atoms with Gasteiger partial charge in [-0.05, 0) is 30.5 Å². The Kier molecular flexibility index (Phi) is 5.73. The van der Waals surface area contributed by atoms with Crippen molar-refractivity contribution < 1.29 is 18.0 Å². The zero-order chi connectivity index (χ0) is 22.9. The number of nitrogens with zero attached hydrogens (tertiary/aromatic N) is 5. The van der Waals surface area contributed by atoms with Crippen molar-refractivity contribution in [1.29, 1.82) is 5.26 Å². The fourth-order valence-corrected chi connectivity index (χ4v) is 4.14. The van der Waals surface area contributed by atoms with Crippen LogP contribution in [-0.2, 0) is 12.6 Å². The van der Waals surface area contributed by atoms with Gasteiger partial charge in [0.2, 0.25) is 0 Å². The second kappa shape index (κ2) is 8.49. The average molecular weight is 447 g/mol. The summed E-state index contributed by atoms with van der Waals surface area (Å²) in [7, 11) is 0. The number of amides is 2. The lowest BCUT2D eigenvalue weighted by Crippen LogP contribution is -2.52. The molecule has 1 fully saturated rings. The van der Waals surface area contributed by atoms with Crippen LogP contribution in [0.5, 0.6) is 0 Å². The van der Waals surface area contributed by atoms with E-state index in [9.17, 15) is 22.8 Å². The lowest BCUT2D eigenvalue weighted by Gasteiger charge is -2.35. The predicted octanol–water partition coefficient (Wildman–Crippen LogP) is 1.62. The molecule has 9 nitrogen and oxygen atoms in total. The SMILES string of the molecule is N#Cc1ccc(N2CCN(C(=O)NCC3CCc4c3n[nH]c(=O)c4C(F)(F)F)CC2)nc1. The van der Waals surface area contributed by atoms with Gasteiger partial charge in [-0.3, -0.25) is 4.79 Å². The standard InChI is InChI=1S/C20H20F3N7O2/c21-20(22,23)16-14-3-2-13(17(14)27-28-18(16)31)11-26-19(32)30-7-5-29(6-8-30)15-4-1-12(9-24)10-25-15/h1,4,10,13H,2-3,5-8,11H2,(H,26,32)(H,28,31). The van der Waals surface area contributed by atoms with Gasteiger partial charge in [-0.15, -0.1) is 0 Å². The van der Waals surface area contributed by atoms with E-state index >= 15 is 0 Å². The van der Waals surface area contributed by atoms with E-state index in [-0.39, 0.29) is 30.3 Å². The van der Waals surface area contributed by atoms with Crippen molar-refractivity contribution in [3.63, 3.8) is 0 Å². The highest BCUT2D eigenvalue weighted by atomic mass is 19.4. The minimum atomic E-state index is -4.75. The number of alkyl halides is 3. The van der Waals surface area contributed by atoms with Gasteiger partial charge < -0.3 is 15.1 Å². The fourth-order valence-electron chi connectivity index (χ4n) is 4.14. The van der Waals surface area contributed by atoms with Crippen LogP contribution in [0.15, 0.2) is 23.1 Å². The fraction of sp³-hybridized carbons (Fsp3) is 0.450. The number of aromatic nitrogens is 3. The first-order chi connectivity index (χ1) is 15.3. The highest BCUT2D eigenvalue weighted by Crippen LogP contribution is 2.37. The Hall–Kier alpha value is -3.62. The Labute approximate surface area is 180 Å². The molecule has 1 saturated heterocycles. The molecule has 0 radical (unpaired) electrons. The first kappa shape index (κ1) is 21.6. The number of H-pyrrole nitrogens is 1. The summed E-state index contributed by atoms with van der Waals surface area (Å²) >= 11 is 0. The van der Waals surface area contributed by atoms with E-state index < -0.39 is 23.2 Å². The number of nitriles is 1. The summed E-state index contributed by atoms with van der Waals surface area (Å²) in [5, 5.41) is 17.4. The lowest BCUT2D eigenvalue weighted by molar-refractivity contribution is -0.139. The van der Waals surface area contributed by atoms with Crippen molar-refractivity contribution in [3.8, 4) is 6.07 Å². The van der Waals surface area contributed by atoms with Gasteiger partial charge in [-0.1, -0.05) is 0 Å². The van der Waals surface area contributed by atoms with Crippen LogP contribution in [0.3, 0.4) is 0 Å². The van der Waals surface area contributed by atoms with Gasteiger partial charge in [0.25, 0.3) is 5.56 Å². The van der Waals surface area contributed by atoms with E-state index in [1.165, 1.54) is 6.20 Å². The number of rotatable bonds is 3. The summed E-state index contributed by atoms with van der Waals surface area (Å²) in [6.45, 7) is 2.18. The number of aromatic amines is 1. The number of piperazine rings is 1. The summed E-state index contributed by atoms with van der Waals surface area (Å²) in [5.41, 5.74) is -1.85. The molecule has 0 spiro atoms. The largest absolute Gasteiger partial charge is 0.422 e. The van der Waals surface area contributed by atoms with Crippen molar-refractivity contribution in [2.24, 2.45) is 0 Å². The first-order valence-electron chi connectivity index (χ1n) is 10.1. The van der Waals surface area contributed by atoms with E-state index in [2.05, 4.69) is 15.4 Å². The van der Waals surface area contributed by atoms with E-state index in [1.54, 1.807) is 17.0 Å². The maximum absolute atomic E-state index is 13.2. The van der Waals surface area contributed by atoms with Crippen molar-refractivity contribution in [3.05, 3.63) is 51.1 Å². The minimum absolute atomic E-state index is 0.0796. The molecule has 32 heavy (non-hydrogen) atoms. The van der Waals surface area contributed by atoms with Crippen LogP contribution >= 0.6 is 0 Å². The molecule has 2 N–H and O–H groups in total. The van der Waals surface area contributed by atoms with Crippen LogP contribution in [0.2, 0.25) is 0 Å². The van der Waals surface area contributed by atoms with Crippen molar-refractivity contribution in [2.45, 2.75) is 24.9 Å². The number of carbonyl (C=O) groups excluding carboxylic acids is 1. The highest BCUT2D eigenvalue weighted by molar-refractivity contribution is 5.74. The van der Waals surface area contributed by atoms with Gasteiger partial charge in [0.05, 0.1) is 11.3 Å². The zero-order valence-electron chi connectivity index (χ0n) is 16.9. The Balaban J connectivity index is 1.33. The van der Waals surface area contributed by atoms with Crippen LogP contribution in [0.4, 0.5) is 23.8 Å². The number of nitrogens with one attached hydrogen (secondary N) is 2. The molecule has 2 aromatic heterocycles. The van der Waals surface area contributed by atoms with Crippen LogP contribution in [0, 0.1) is 11.3 Å². The topological polar surface area (TPSA) is 118 Å². The number of anilines is 1. The number of urea groups is 1. The van der Waals surface area contributed by atoms with E-state index in [0.717, 1.165) is 5.82 Å². The van der Waals surface area contributed by atoms with Crippen molar-refractivity contribution in [1.82, 2.24) is 25.4 Å². The molecule has 12 heteroatoms. The van der Waals surface area contributed by atoms with Crippen molar-refractivity contribution in [2.75, 3.05) is 37.6 Å². The van der Waals surface area contributed by atoms with Gasteiger partial charge in [-0.25, -0.2) is 14.9 Å². The molecule has 168 valence electrons. The smallest absolute Gasteiger partial charge is 0.353 e. The van der Waals surface area contributed by atoms with Crippen molar-refractivity contribution >= 4 is 11.8 Å². The predicted molar refractivity (Wildman–Crippen MR) is 107 cm³/mol.